The van der Waals surface area contributed by atoms with E-state index >= 15 is 0 Å². The second-order valence-electron chi connectivity index (χ2n) is 4.34. The van der Waals surface area contributed by atoms with Crippen molar-refractivity contribution in [1.29, 1.82) is 0 Å². The fourth-order valence-corrected chi connectivity index (χ4v) is 2.04. The lowest BCUT2D eigenvalue weighted by atomic mass is 10.1. The molecule has 0 fully saturated rings. The molecular formula is C15H14N4O. The van der Waals surface area contributed by atoms with E-state index in [0.29, 0.717) is 5.69 Å². The molecule has 3 rings (SSSR count). The molecule has 0 saturated carbocycles. The molecule has 0 amide bonds. The number of rotatable bonds is 3. The van der Waals surface area contributed by atoms with Crippen LogP contribution in [0.15, 0.2) is 54.7 Å². The van der Waals surface area contributed by atoms with E-state index in [1.165, 1.54) is 0 Å². The second kappa shape index (κ2) is 5.05. The number of hydrogen-bond acceptors (Lipinski definition) is 4. The Bertz CT molecular complexity index is 736. The third-order valence-electron chi connectivity index (χ3n) is 3.01. The lowest BCUT2D eigenvalue weighted by molar-refractivity contribution is 0.416. The minimum atomic E-state index is 0.692. The number of anilines is 1. The van der Waals surface area contributed by atoms with Crippen LogP contribution in [-0.4, -0.2) is 22.1 Å². The zero-order chi connectivity index (χ0) is 13.9. The molecule has 0 radical (unpaired) electrons. The molecule has 20 heavy (non-hydrogen) atoms. The first-order valence-corrected chi connectivity index (χ1v) is 6.19. The lowest BCUT2D eigenvalue weighted by Crippen LogP contribution is -1.95. The Labute approximate surface area is 116 Å². The van der Waals surface area contributed by atoms with Crippen molar-refractivity contribution < 1.29 is 4.74 Å². The Hall–Kier alpha value is -2.82. The summed E-state index contributed by atoms with van der Waals surface area (Å²) >= 11 is 0. The van der Waals surface area contributed by atoms with Crippen molar-refractivity contribution in [2.24, 2.45) is 0 Å². The summed E-state index contributed by atoms with van der Waals surface area (Å²) in [5.41, 5.74) is 9.01. The van der Waals surface area contributed by atoms with E-state index in [4.69, 9.17) is 10.5 Å². The Morgan fingerprint density at radius 3 is 2.75 bits per heavy atom. The van der Waals surface area contributed by atoms with Gasteiger partial charge in [0.25, 0.3) is 0 Å². The summed E-state index contributed by atoms with van der Waals surface area (Å²) in [5, 5.41) is 8.33. The molecule has 0 atom stereocenters. The monoisotopic (exact) mass is 266 g/mol. The number of aromatic nitrogens is 3. The summed E-state index contributed by atoms with van der Waals surface area (Å²) in [6.07, 6.45) is 1.85. The van der Waals surface area contributed by atoms with Gasteiger partial charge in [-0.05, 0) is 30.3 Å². The third-order valence-corrected chi connectivity index (χ3v) is 3.01. The molecule has 1 heterocycles. The predicted octanol–water partition coefficient (Wildman–Crippen LogP) is 2.53. The average molecular weight is 266 g/mol. The molecule has 0 aliphatic carbocycles. The van der Waals surface area contributed by atoms with E-state index in [1.807, 2.05) is 54.7 Å². The van der Waals surface area contributed by atoms with E-state index in [0.717, 1.165) is 22.7 Å². The summed E-state index contributed by atoms with van der Waals surface area (Å²) in [4.78, 5) is 0. The van der Waals surface area contributed by atoms with E-state index in [9.17, 15) is 0 Å². The van der Waals surface area contributed by atoms with Crippen LogP contribution in [0.25, 0.3) is 16.9 Å². The van der Waals surface area contributed by atoms with E-state index < -0.39 is 0 Å². The van der Waals surface area contributed by atoms with Crippen molar-refractivity contribution in [3.63, 3.8) is 0 Å². The topological polar surface area (TPSA) is 66.0 Å². The number of methoxy groups -OCH3 is 1. The van der Waals surface area contributed by atoms with Gasteiger partial charge >= 0.3 is 0 Å². The van der Waals surface area contributed by atoms with Crippen molar-refractivity contribution in [2.75, 3.05) is 12.8 Å². The largest absolute Gasteiger partial charge is 0.496 e. The Kier molecular flexibility index (Phi) is 3.09. The van der Waals surface area contributed by atoms with E-state index in [2.05, 4.69) is 10.3 Å². The number of nitrogens with zero attached hydrogens (tertiary/aromatic N) is 3. The van der Waals surface area contributed by atoms with Gasteiger partial charge in [-0.2, -0.15) is 0 Å². The number of para-hydroxylation sites is 1. The van der Waals surface area contributed by atoms with Gasteiger partial charge in [0.1, 0.15) is 11.4 Å². The van der Waals surface area contributed by atoms with Gasteiger partial charge in [0.2, 0.25) is 0 Å². The van der Waals surface area contributed by atoms with Crippen LogP contribution in [0.2, 0.25) is 0 Å². The number of nitrogen functional groups attached to an aromatic ring is 1. The van der Waals surface area contributed by atoms with Gasteiger partial charge in [-0.25, -0.2) is 4.68 Å². The standard InChI is InChI=1S/C15H14N4O/c1-20-15-8-3-2-7-13(15)14-10-19(18-17-14)12-6-4-5-11(16)9-12/h2-10H,16H2,1H3. The van der Waals surface area contributed by atoms with Crippen LogP contribution in [0.5, 0.6) is 5.75 Å². The van der Waals surface area contributed by atoms with Crippen LogP contribution in [0.4, 0.5) is 5.69 Å². The summed E-state index contributed by atoms with van der Waals surface area (Å²) < 4.78 is 7.03. The minimum Gasteiger partial charge on any atom is -0.496 e. The van der Waals surface area contributed by atoms with Crippen LogP contribution >= 0.6 is 0 Å². The number of nitrogens with two attached hydrogens (primary N) is 1. The van der Waals surface area contributed by atoms with Gasteiger partial charge in [-0.15, -0.1) is 5.10 Å². The van der Waals surface area contributed by atoms with Gasteiger partial charge < -0.3 is 10.5 Å². The molecular weight excluding hydrogens is 252 g/mol. The van der Waals surface area contributed by atoms with Crippen LogP contribution in [0.1, 0.15) is 0 Å². The van der Waals surface area contributed by atoms with Crippen molar-refractivity contribution in [1.82, 2.24) is 15.0 Å². The molecule has 0 unspecified atom stereocenters. The third kappa shape index (κ3) is 2.21. The van der Waals surface area contributed by atoms with Crippen molar-refractivity contribution in [2.45, 2.75) is 0 Å². The molecule has 0 aliphatic rings. The smallest absolute Gasteiger partial charge is 0.128 e. The Balaban J connectivity index is 2.02. The first-order chi connectivity index (χ1) is 9.78. The molecule has 0 saturated heterocycles. The maximum Gasteiger partial charge on any atom is 0.128 e. The highest BCUT2D eigenvalue weighted by Gasteiger charge is 2.09. The fraction of sp³-hybridized carbons (Fsp3) is 0.0667. The summed E-state index contributed by atoms with van der Waals surface area (Å²) in [7, 11) is 1.64. The van der Waals surface area contributed by atoms with E-state index in [1.54, 1.807) is 11.8 Å². The molecule has 100 valence electrons. The van der Waals surface area contributed by atoms with Gasteiger partial charge in [-0.1, -0.05) is 23.4 Å². The summed E-state index contributed by atoms with van der Waals surface area (Å²) in [6.45, 7) is 0. The second-order valence-corrected chi connectivity index (χ2v) is 4.34. The van der Waals surface area contributed by atoms with Crippen LogP contribution in [0.3, 0.4) is 0 Å². The zero-order valence-corrected chi connectivity index (χ0v) is 11.0. The first kappa shape index (κ1) is 12.2. The highest BCUT2D eigenvalue weighted by molar-refractivity contribution is 5.66. The molecule has 5 heteroatoms. The molecule has 2 N–H and O–H groups in total. The number of hydrogen-bond donors (Lipinski definition) is 1. The maximum absolute atomic E-state index is 5.78. The highest BCUT2D eigenvalue weighted by atomic mass is 16.5. The SMILES string of the molecule is COc1ccccc1-c1cn(-c2cccc(N)c2)nn1. The number of benzene rings is 2. The molecule has 2 aromatic carbocycles. The van der Waals surface area contributed by atoms with Crippen LogP contribution < -0.4 is 10.5 Å². The predicted molar refractivity (Wildman–Crippen MR) is 77.8 cm³/mol. The van der Waals surface area contributed by atoms with Gasteiger partial charge in [0.15, 0.2) is 0 Å². The quantitative estimate of drug-likeness (QED) is 0.740. The van der Waals surface area contributed by atoms with Crippen molar-refractivity contribution in [3.8, 4) is 22.7 Å². The average Bonchev–Trinajstić information content (AvgIpc) is 2.97. The summed E-state index contributed by atoms with van der Waals surface area (Å²) in [6, 6.07) is 15.2. The molecule has 0 aliphatic heterocycles. The minimum absolute atomic E-state index is 0.692. The van der Waals surface area contributed by atoms with Gasteiger partial charge in [0.05, 0.1) is 19.0 Å². The van der Waals surface area contributed by atoms with E-state index in [-0.39, 0.29) is 0 Å². The Morgan fingerprint density at radius 1 is 1.10 bits per heavy atom. The lowest BCUT2D eigenvalue weighted by Gasteiger charge is -2.04. The fourth-order valence-electron chi connectivity index (χ4n) is 2.04. The van der Waals surface area contributed by atoms with Gasteiger partial charge in [0, 0.05) is 11.3 Å². The maximum atomic E-state index is 5.78. The highest BCUT2D eigenvalue weighted by Crippen LogP contribution is 2.28. The molecule has 0 spiro atoms. The van der Waals surface area contributed by atoms with Crippen molar-refractivity contribution in [3.05, 3.63) is 54.7 Å². The van der Waals surface area contributed by atoms with Crippen molar-refractivity contribution >= 4 is 5.69 Å². The molecule has 1 aromatic heterocycles. The molecule has 0 bridgehead atoms. The van der Waals surface area contributed by atoms with Crippen LogP contribution in [-0.2, 0) is 0 Å². The first-order valence-electron chi connectivity index (χ1n) is 6.19. The van der Waals surface area contributed by atoms with Gasteiger partial charge in [-0.3, -0.25) is 0 Å². The number of ether oxygens (including phenoxy) is 1. The molecule has 3 aromatic rings. The zero-order valence-electron chi connectivity index (χ0n) is 11.0. The summed E-state index contributed by atoms with van der Waals surface area (Å²) in [5.74, 6) is 0.770. The normalized spacial score (nSPS) is 10.4. The molecule has 5 nitrogen and oxygen atoms in total. The Morgan fingerprint density at radius 2 is 1.95 bits per heavy atom. The van der Waals surface area contributed by atoms with Crippen LogP contribution in [0, 0.1) is 0 Å².